The van der Waals surface area contributed by atoms with Crippen LogP contribution in [0.15, 0.2) is 47.5 Å². The van der Waals surface area contributed by atoms with Crippen molar-refractivity contribution in [2.45, 2.75) is 4.90 Å². The number of aryl methyl sites for hydroxylation is 1. The lowest BCUT2D eigenvalue weighted by atomic mass is 10.2. The zero-order chi connectivity index (χ0) is 18.0. The minimum atomic E-state index is -3.75. The van der Waals surface area contributed by atoms with Crippen LogP contribution >= 0.6 is 0 Å². The molecule has 0 saturated carbocycles. The third-order valence-corrected chi connectivity index (χ3v) is 6.27. The standard InChI is InChI=1S/C17H18N4O3S/c1-19-8-4-6-15(19)17(22)20-9-11-21(12-10-20)25(23,24)16-7-3-2-5-14(16)13-18/h2-8H,9-12H2,1H3. The molecule has 0 spiro atoms. The number of benzene rings is 1. The normalized spacial score (nSPS) is 15.8. The third-order valence-electron chi connectivity index (χ3n) is 4.31. The van der Waals surface area contributed by atoms with E-state index in [1.165, 1.54) is 16.4 Å². The van der Waals surface area contributed by atoms with Crippen LogP contribution in [-0.2, 0) is 17.1 Å². The number of nitriles is 1. The van der Waals surface area contributed by atoms with Crippen LogP contribution in [0.25, 0.3) is 0 Å². The maximum absolute atomic E-state index is 12.8. The predicted octanol–water partition coefficient (Wildman–Crippen LogP) is 1.04. The van der Waals surface area contributed by atoms with E-state index in [0.29, 0.717) is 18.8 Å². The van der Waals surface area contributed by atoms with Gasteiger partial charge in [0.1, 0.15) is 11.8 Å². The zero-order valence-electron chi connectivity index (χ0n) is 13.8. The number of nitrogens with zero attached hydrogens (tertiary/aromatic N) is 4. The van der Waals surface area contributed by atoms with E-state index in [0.717, 1.165) is 0 Å². The third kappa shape index (κ3) is 3.16. The van der Waals surface area contributed by atoms with E-state index < -0.39 is 10.0 Å². The molecule has 25 heavy (non-hydrogen) atoms. The maximum atomic E-state index is 12.8. The monoisotopic (exact) mass is 358 g/mol. The van der Waals surface area contributed by atoms with Gasteiger partial charge in [-0.3, -0.25) is 4.79 Å². The van der Waals surface area contributed by atoms with Crippen LogP contribution in [-0.4, -0.2) is 54.3 Å². The fourth-order valence-corrected chi connectivity index (χ4v) is 4.46. The van der Waals surface area contributed by atoms with Gasteiger partial charge in [0.05, 0.1) is 10.5 Å². The Hall–Kier alpha value is -2.63. The van der Waals surface area contributed by atoms with Gasteiger partial charge in [0.2, 0.25) is 10.0 Å². The van der Waals surface area contributed by atoms with E-state index >= 15 is 0 Å². The molecule has 1 aliphatic rings. The van der Waals surface area contributed by atoms with Gasteiger partial charge in [-0.1, -0.05) is 12.1 Å². The molecule has 1 fully saturated rings. The second-order valence-corrected chi connectivity index (χ2v) is 7.71. The molecule has 0 radical (unpaired) electrons. The van der Waals surface area contributed by atoms with Crippen LogP contribution in [0.3, 0.4) is 0 Å². The Bertz CT molecular complexity index is 935. The average molecular weight is 358 g/mol. The summed E-state index contributed by atoms with van der Waals surface area (Å²) in [7, 11) is -1.95. The van der Waals surface area contributed by atoms with Crippen LogP contribution in [0.2, 0.25) is 0 Å². The van der Waals surface area contributed by atoms with Crippen LogP contribution in [0.5, 0.6) is 0 Å². The molecule has 2 heterocycles. The summed E-state index contributed by atoms with van der Waals surface area (Å²) in [5.74, 6) is -0.109. The first-order valence-electron chi connectivity index (χ1n) is 7.85. The van der Waals surface area contributed by atoms with Crippen molar-refractivity contribution < 1.29 is 13.2 Å². The van der Waals surface area contributed by atoms with E-state index in [4.69, 9.17) is 5.26 Å². The Morgan fingerprint density at radius 1 is 1.08 bits per heavy atom. The Kier molecular flexibility index (Phi) is 4.61. The number of rotatable bonds is 3. The molecule has 1 aromatic heterocycles. The molecular formula is C17H18N4O3S. The maximum Gasteiger partial charge on any atom is 0.270 e. The van der Waals surface area contributed by atoms with Gasteiger partial charge in [-0.05, 0) is 24.3 Å². The van der Waals surface area contributed by atoms with E-state index in [1.54, 1.807) is 47.0 Å². The lowest BCUT2D eigenvalue weighted by Gasteiger charge is -2.34. The summed E-state index contributed by atoms with van der Waals surface area (Å²) in [6.45, 7) is 1.05. The molecule has 0 N–H and O–H groups in total. The number of hydrogen-bond acceptors (Lipinski definition) is 4. The second kappa shape index (κ2) is 6.70. The molecule has 2 aromatic rings. The zero-order valence-corrected chi connectivity index (χ0v) is 14.6. The first-order valence-corrected chi connectivity index (χ1v) is 9.29. The number of amides is 1. The topological polar surface area (TPSA) is 86.4 Å². The molecule has 1 amide bonds. The van der Waals surface area contributed by atoms with Gasteiger partial charge in [-0.15, -0.1) is 0 Å². The van der Waals surface area contributed by atoms with Gasteiger partial charge < -0.3 is 9.47 Å². The number of aromatic nitrogens is 1. The van der Waals surface area contributed by atoms with Crippen molar-refractivity contribution in [3.8, 4) is 6.07 Å². The molecule has 0 unspecified atom stereocenters. The molecule has 0 aliphatic carbocycles. The number of carbonyl (C=O) groups is 1. The predicted molar refractivity (Wildman–Crippen MR) is 91.2 cm³/mol. The minimum absolute atomic E-state index is 0.0136. The molecule has 1 aliphatic heterocycles. The summed E-state index contributed by atoms with van der Waals surface area (Å²) in [6.07, 6.45) is 1.80. The van der Waals surface area contributed by atoms with Crippen molar-refractivity contribution in [2.75, 3.05) is 26.2 Å². The molecule has 0 atom stereocenters. The Balaban J connectivity index is 1.75. The average Bonchev–Trinajstić information content (AvgIpc) is 3.07. The van der Waals surface area contributed by atoms with Gasteiger partial charge in [0.15, 0.2) is 0 Å². The fraction of sp³-hybridized carbons (Fsp3) is 0.294. The van der Waals surface area contributed by atoms with Crippen LogP contribution in [0.4, 0.5) is 0 Å². The number of carbonyl (C=O) groups excluding carboxylic acids is 1. The molecule has 0 bridgehead atoms. The Morgan fingerprint density at radius 2 is 1.76 bits per heavy atom. The Labute approximate surface area is 146 Å². The highest BCUT2D eigenvalue weighted by atomic mass is 32.2. The second-order valence-electron chi connectivity index (χ2n) is 5.81. The van der Waals surface area contributed by atoms with Crippen molar-refractivity contribution in [1.82, 2.24) is 13.8 Å². The molecule has 1 saturated heterocycles. The molecule has 8 heteroatoms. The molecule has 130 valence electrons. The number of sulfonamides is 1. The van der Waals surface area contributed by atoms with E-state index in [9.17, 15) is 13.2 Å². The van der Waals surface area contributed by atoms with Gasteiger partial charge in [0.25, 0.3) is 5.91 Å². The van der Waals surface area contributed by atoms with E-state index in [2.05, 4.69) is 0 Å². The van der Waals surface area contributed by atoms with Gasteiger partial charge in [-0.25, -0.2) is 8.42 Å². The van der Waals surface area contributed by atoms with Crippen molar-refractivity contribution in [3.05, 3.63) is 53.9 Å². The van der Waals surface area contributed by atoms with Crippen molar-refractivity contribution >= 4 is 15.9 Å². The molecule has 1 aromatic carbocycles. The van der Waals surface area contributed by atoms with Crippen molar-refractivity contribution in [3.63, 3.8) is 0 Å². The highest BCUT2D eigenvalue weighted by molar-refractivity contribution is 7.89. The first-order chi connectivity index (χ1) is 11.9. The molecule has 7 nitrogen and oxygen atoms in total. The van der Waals surface area contributed by atoms with Crippen LogP contribution in [0, 0.1) is 11.3 Å². The van der Waals surface area contributed by atoms with Gasteiger partial charge in [0, 0.05) is 39.4 Å². The van der Waals surface area contributed by atoms with Gasteiger partial charge >= 0.3 is 0 Å². The largest absolute Gasteiger partial charge is 0.347 e. The highest BCUT2D eigenvalue weighted by Crippen LogP contribution is 2.21. The number of hydrogen-bond donors (Lipinski definition) is 0. The van der Waals surface area contributed by atoms with Gasteiger partial charge in [-0.2, -0.15) is 9.57 Å². The Morgan fingerprint density at radius 3 is 2.36 bits per heavy atom. The molecular weight excluding hydrogens is 340 g/mol. The smallest absolute Gasteiger partial charge is 0.270 e. The molecule has 3 rings (SSSR count). The SMILES string of the molecule is Cn1cccc1C(=O)N1CCN(S(=O)(=O)c2ccccc2C#N)CC1. The van der Waals surface area contributed by atoms with E-state index in [1.807, 2.05) is 6.07 Å². The number of piperazine rings is 1. The lowest BCUT2D eigenvalue weighted by Crippen LogP contribution is -2.50. The van der Waals surface area contributed by atoms with Crippen LogP contribution < -0.4 is 0 Å². The highest BCUT2D eigenvalue weighted by Gasteiger charge is 2.32. The minimum Gasteiger partial charge on any atom is -0.347 e. The summed E-state index contributed by atoms with van der Waals surface area (Å²) in [6, 6.07) is 11.6. The summed E-state index contributed by atoms with van der Waals surface area (Å²) >= 11 is 0. The van der Waals surface area contributed by atoms with Crippen molar-refractivity contribution in [2.24, 2.45) is 7.05 Å². The summed E-state index contributed by atoms with van der Waals surface area (Å²) in [5, 5.41) is 9.14. The first kappa shape index (κ1) is 17.2. The lowest BCUT2D eigenvalue weighted by molar-refractivity contribution is 0.0688. The summed E-state index contributed by atoms with van der Waals surface area (Å²) in [5.41, 5.74) is 0.705. The summed E-state index contributed by atoms with van der Waals surface area (Å²) < 4.78 is 28.7. The van der Waals surface area contributed by atoms with Crippen molar-refractivity contribution in [1.29, 1.82) is 5.26 Å². The van der Waals surface area contributed by atoms with Crippen LogP contribution in [0.1, 0.15) is 16.1 Å². The quantitative estimate of drug-likeness (QED) is 0.820. The van der Waals surface area contributed by atoms with E-state index in [-0.39, 0.29) is 29.5 Å². The fourth-order valence-electron chi connectivity index (χ4n) is 2.90. The summed E-state index contributed by atoms with van der Waals surface area (Å²) in [4.78, 5) is 14.2.